The first kappa shape index (κ1) is 16.4. The van der Waals surface area contributed by atoms with Gasteiger partial charge in [-0.05, 0) is 12.1 Å². The molecule has 2 rings (SSSR count). The number of nitrogens with zero attached hydrogens (tertiary/aromatic N) is 1. The molecule has 4 N–H and O–H groups in total. The Hall–Kier alpha value is -1.97. The zero-order valence-corrected chi connectivity index (χ0v) is 10.9. The quantitative estimate of drug-likeness (QED) is 0.646. The third-order valence-corrected chi connectivity index (χ3v) is 3.14. The fraction of sp³-hybridized carbons (Fsp3) is 0.417. The average molecular weight is 327 g/mol. The van der Waals surface area contributed by atoms with E-state index in [1.807, 2.05) is 0 Å². The summed E-state index contributed by atoms with van der Waals surface area (Å²) >= 11 is 0. The summed E-state index contributed by atoms with van der Waals surface area (Å²) in [6.07, 6.45) is -8.44. The number of nitrogen functional groups attached to an aromatic ring is 1. The third-order valence-electron chi connectivity index (χ3n) is 3.14. The molecule has 0 aliphatic carbocycles. The molecule has 1 aromatic rings. The minimum atomic E-state index is -5.09. The van der Waals surface area contributed by atoms with Gasteiger partial charge in [-0.2, -0.15) is 13.2 Å². The molecule has 0 saturated heterocycles. The van der Waals surface area contributed by atoms with E-state index in [-0.39, 0.29) is 12.4 Å². The van der Waals surface area contributed by atoms with Crippen LogP contribution in [0.1, 0.15) is 11.1 Å². The molecule has 122 valence electrons. The minimum Gasteiger partial charge on any atom is -0.399 e. The second-order valence-corrected chi connectivity index (χ2v) is 4.75. The van der Waals surface area contributed by atoms with Crippen molar-refractivity contribution in [2.24, 2.45) is 10.7 Å². The van der Waals surface area contributed by atoms with E-state index in [1.165, 1.54) is 0 Å². The van der Waals surface area contributed by atoms with Crippen LogP contribution in [0.3, 0.4) is 0 Å². The number of ether oxygens (including phenoxy) is 1. The third kappa shape index (κ3) is 2.70. The number of halogens is 6. The van der Waals surface area contributed by atoms with Gasteiger partial charge in [-0.15, -0.1) is 0 Å². The Bertz CT molecular complexity index is 616. The van der Waals surface area contributed by atoms with Crippen LogP contribution in [0.5, 0.6) is 0 Å². The van der Waals surface area contributed by atoms with Crippen LogP contribution < -0.4 is 11.5 Å². The number of alkyl halides is 5. The van der Waals surface area contributed by atoms with Gasteiger partial charge in [0, 0.05) is 11.3 Å². The molecule has 1 atom stereocenters. The first-order valence-corrected chi connectivity index (χ1v) is 5.94. The summed E-state index contributed by atoms with van der Waals surface area (Å²) < 4.78 is 84.3. The molecule has 0 aromatic heterocycles. The molecular weight excluding hydrogens is 316 g/mol. The highest BCUT2D eigenvalue weighted by Gasteiger charge is 2.48. The first-order valence-electron chi connectivity index (χ1n) is 5.94. The van der Waals surface area contributed by atoms with Crippen LogP contribution in [0.15, 0.2) is 17.1 Å². The van der Waals surface area contributed by atoms with E-state index < -0.39 is 47.4 Å². The van der Waals surface area contributed by atoms with Gasteiger partial charge in [-0.1, -0.05) is 0 Å². The van der Waals surface area contributed by atoms with Crippen molar-refractivity contribution < 1.29 is 31.1 Å². The monoisotopic (exact) mass is 327 g/mol. The van der Waals surface area contributed by atoms with Crippen molar-refractivity contribution in [3.05, 3.63) is 29.1 Å². The van der Waals surface area contributed by atoms with Gasteiger partial charge in [-0.3, -0.25) is 4.99 Å². The zero-order valence-electron chi connectivity index (χ0n) is 10.9. The van der Waals surface area contributed by atoms with E-state index in [4.69, 9.17) is 16.2 Å². The SMILES string of the molecule is NC1=N[C@@](c2cc(N)cc(C(F)(F)F)c2F)(C(F)F)COC1. The second-order valence-electron chi connectivity index (χ2n) is 4.75. The summed E-state index contributed by atoms with van der Waals surface area (Å²) in [5, 5.41) is 0. The lowest BCUT2D eigenvalue weighted by atomic mass is 9.88. The maximum absolute atomic E-state index is 14.2. The molecule has 0 spiro atoms. The Kier molecular flexibility index (Phi) is 3.98. The molecule has 4 nitrogen and oxygen atoms in total. The van der Waals surface area contributed by atoms with Gasteiger partial charge in [0.05, 0.1) is 12.2 Å². The fourth-order valence-corrected chi connectivity index (χ4v) is 2.17. The van der Waals surface area contributed by atoms with Crippen molar-refractivity contribution in [2.45, 2.75) is 18.1 Å². The predicted molar refractivity (Wildman–Crippen MR) is 65.9 cm³/mol. The summed E-state index contributed by atoms with van der Waals surface area (Å²) in [5.41, 5.74) is 4.67. The number of aliphatic imine (C=N–C) groups is 1. The summed E-state index contributed by atoms with van der Waals surface area (Å²) in [5.74, 6) is -2.24. The number of rotatable bonds is 2. The van der Waals surface area contributed by atoms with Crippen LogP contribution in [0, 0.1) is 5.82 Å². The molecule has 0 saturated carbocycles. The van der Waals surface area contributed by atoms with Crippen LogP contribution in [0.25, 0.3) is 0 Å². The molecule has 1 aliphatic rings. The molecule has 0 fully saturated rings. The van der Waals surface area contributed by atoms with E-state index in [2.05, 4.69) is 4.99 Å². The van der Waals surface area contributed by atoms with Crippen molar-refractivity contribution in [2.75, 3.05) is 18.9 Å². The number of nitrogens with two attached hydrogens (primary N) is 2. The Morgan fingerprint density at radius 3 is 2.36 bits per heavy atom. The largest absolute Gasteiger partial charge is 0.419 e. The van der Waals surface area contributed by atoms with Crippen molar-refractivity contribution in [1.29, 1.82) is 0 Å². The average Bonchev–Trinajstić information content (AvgIpc) is 2.39. The van der Waals surface area contributed by atoms with Crippen LogP contribution in [0.2, 0.25) is 0 Å². The molecule has 0 unspecified atom stereocenters. The van der Waals surface area contributed by atoms with E-state index in [1.54, 1.807) is 0 Å². The van der Waals surface area contributed by atoms with Crippen LogP contribution in [-0.4, -0.2) is 25.5 Å². The molecular formula is C12H11F6N3O. The van der Waals surface area contributed by atoms with Gasteiger partial charge in [0.1, 0.15) is 18.3 Å². The summed E-state index contributed by atoms with van der Waals surface area (Å²) in [6.45, 7) is -1.09. The maximum Gasteiger partial charge on any atom is 0.419 e. The van der Waals surface area contributed by atoms with Gasteiger partial charge in [-0.25, -0.2) is 13.2 Å². The molecule has 0 amide bonds. The number of anilines is 1. The van der Waals surface area contributed by atoms with E-state index >= 15 is 0 Å². The summed E-state index contributed by atoms with van der Waals surface area (Å²) in [6, 6.07) is 1.01. The molecule has 1 aromatic carbocycles. The molecule has 22 heavy (non-hydrogen) atoms. The smallest absolute Gasteiger partial charge is 0.399 e. The van der Waals surface area contributed by atoms with Crippen molar-refractivity contribution >= 4 is 11.5 Å². The number of hydrogen-bond acceptors (Lipinski definition) is 4. The van der Waals surface area contributed by atoms with Gasteiger partial charge in [0.2, 0.25) is 0 Å². The maximum atomic E-state index is 14.2. The standard InChI is InChI=1S/C12H11F6N3O/c13-9-6(1-5(19)2-7(9)12(16,17)18)11(10(14)15)4-22-3-8(20)21-11/h1-2,10H,3-4,19H2,(H2,20,21)/t11-/m0/s1. The Labute approximate surface area is 120 Å². The Morgan fingerprint density at radius 1 is 1.23 bits per heavy atom. The first-order chi connectivity index (χ1) is 10.1. The normalized spacial score (nSPS) is 22.8. The van der Waals surface area contributed by atoms with Crippen molar-refractivity contribution in [1.82, 2.24) is 0 Å². The second kappa shape index (κ2) is 5.34. The Morgan fingerprint density at radius 2 is 1.86 bits per heavy atom. The topological polar surface area (TPSA) is 73.6 Å². The molecule has 0 radical (unpaired) electrons. The highest BCUT2D eigenvalue weighted by molar-refractivity contribution is 5.82. The lowest BCUT2D eigenvalue weighted by Gasteiger charge is -2.33. The van der Waals surface area contributed by atoms with Gasteiger partial charge < -0.3 is 16.2 Å². The van der Waals surface area contributed by atoms with Crippen LogP contribution in [0.4, 0.5) is 32.0 Å². The van der Waals surface area contributed by atoms with Crippen LogP contribution in [-0.2, 0) is 16.5 Å². The van der Waals surface area contributed by atoms with E-state index in [0.29, 0.717) is 12.1 Å². The summed E-state index contributed by atoms with van der Waals surface area (Å²) in [7, 11) is 0. The molecule has 1 heterocycles. The molecule has 1 aliphatic heterocycles. The van der Waals surface area contributed by atoms with Crippen molar-refractivity contribution in [3.63, 3.8) is 0 Å². The van der Waals surface area contributed by atoms with E-state index in [9.17, 15) is 26.3 Å². The highest BCUT2D eigenvalue weighted by Crippen LogP contribution is 2.42. The van der Waals surface area contributed by atoms with Gasteiger partial charge in [0.25, 0.3) is 6.43 Å². The van der Waals surface area contributed by atoms with Gasteiger partial charge >= 0.3 is 6.18 Å². The van der Waals surface area contributed by atoms with Crippen LogP contribution >= 0.6 is 0 Å². The number of benzene rings is 1. The zero-order chi connectivity index (χ0) is 16.7. The molecule has 10 heteroatoms. The predicted octanol–water partition coefficient (Wildman–Crippen LogP) is 2.27. The number of amidine groups is 1. The van der Waals surface area contributed by atoms with Gasteiger partial charge in [0.15, 0.2) is 5.54 Å². The summed E-state index contributed by atoms with van der Waals surface area (Å²) in [4.78, 5) is 3.47. The number of hydrogen-bond donors (Lipinski definition) is 2. The van der Waals surface area contributed by atoms with E-state index in [0.717, 1.165) is 0 Å². The molecule has 0 bridgehead atoms. The minimum absolute atomic E-state index is 0.273. The fourth-order valence-electron chi connectivity index (χ4n) is 2.17. The van der Waals surface area contributed by atoms with Crippen molar-refractivity contribution in [3.8, 4) is 0 Å². The highest BCUT2D eigenvalue weighted by atomic mass is 19.4. The lowest BCUT2D eigenvalue weighted by Crippen LogP contribution is -2.45. The Balaban J connectivity index is 2.74. The lowest BCUT2D eigenvalue weighted by molar-refractivity contribution is -0.140.